The fraction of sp³-hybridized carbons (Fsp3) is 0.300. The minimum absolute atomic E-state index is 0.350. The lowest BCUT2D eigenvalue weighted by Gasteiger charge is -2.25. The maximum absolute atomic E-state index is 12.1. The fourth-order valence-electron chi connectivity index (χ4n) is 1.50. The van der Waals surface area contributed by atoms with Gasteiger partial charge in [-0.1, -0.05) is 18.2 Å². The molecule has 0 saturated carbocycles. The van der Waals surface area contributed by atoms with E-state index in [1.165, 1.54) is 4.31 Å². The van der Waals surface area contributed by atoms with Crippen LogP contribution in [0.2, 0.25) is 0 Å². The van der Waals surface area contributed by atoms with Crippen molar-refractivity contribution in [2.45, 2.75) is 4.90 Å². The Bertz CT molecular complexity index is 410. The molecule has 1 fully saturated rings. The van der Waals surface area contributed by atoms with Crippen LogP contribution in [0.5, 0.6) is 0 Å². The van der Waals surface area contributed by atoms with Crippen LogP contribution in [0.3, 0.4) is 0 Å². The number of hydrogen-bond acceptors (Lipinski definition) is 3. The number of nitrogens with zero attached hydrogens (tertiary/aromatic N) is 1. The van der Waals surface area contributed by atoms with E-state index in [1.54, 1.807) is 36.9 Å². The van der Waals surface area contributed by atoms with Crippen molar-refractivity contribution in [1.29, 1.82) is 0 Å². The molecule has 0 unspecified atom stereocenters. The summed E-state index contributed by atoms with van der Waals surface area (Å²) in [6.45, 7) is 3.47. The summed E-state index contributed by atoms with van der Waals surface area (Å²) in [5.74, 6) is 0. The van der Waals surface area contributed by atoms with Crippen LogP contribution in [-0.2, 0) is 10.0 Å². The SMILES string of the molecule is O=S(=O)(c1ccccc1)N1[CH]CNCC1. The maximum atomic E-state index is 12.1. The van der Waals surface area contributed by atoms with Crippen molar-refractivity contribution in [2.75, 3.05) is 19.6 Å². The Morgan fingerprint density at radius 3 is 2.53 bits per heavy atom. The van der Waals surface area contributed by atoms with Gasteiger partial charge in [-0.25, -0.2) is 8.42 Å². The first-order valence-corrected chi connectivity index (χ1v) is 6.26. The highest BCUT2D eigenvalue weighted by Crippen LogP contribution is 2.16. The summed E-state index contributed by atoms with van der Waals surface area (Å²) in [7, 11) is -3.32. The first kappa shape index (κ1) is 10.6. The normalized spacial score (nSPS) is 18.9. The topological polar surface area (TPSA) is 49.4 Å². The molecule has 0 aromatic heterocycles. The van der Waals surface area contributed by atoms with Gasteiger partial charge in [-0.05, 0) is 12.1 Å². The molecule has 0 atom stereocenters. The third-order valence-electron chi connectivity index (χ3n) is 2.30. The van der Waals surface area contributed by atoms with Crippen molar-refractivity contribution in [3.63, 3.8) is 0 Å². The number of hydrogen-bond donors (Lipinski definition) is 1. The molecule has 5 heteroatoms. The van der Waals surface area contributed by atoms with Crippen molar-refractivity contribution < 1.29 is 8.42 Å². The Kier molecular flexibility index (Phi) is 3.04. The summed E-state index contributed by atoms with van der Waals surface area (Å²) in [4.78, 5) is 0.350. The first-order valence-electron chi connectivity index (χ1n) is 4.82. The second-order valence-electron chi connectivity index (χ2n) is 3.32. The standard InChI is InChI=1S/C10H13N2O2S/c13-15(14,10-4-2-1-3-5-10)12-8-6-11-7-9-12/h1-5,8,11H,6-7,9H2. The van der Waals surface area contributed by atoms with E-state index >= 15 is 0 Å². The van der Waals surface area contributed by atoms with Gasteiger partial charge in [0.15, 0.2) is 0 Å². The second-order valence-corrected chi connectivity index (χ2v) is 5.21. The van der Waals surface area contributed by atoms with E-state index in [0.717, 1.165) is 0 Å². The number of rotatable bonds is 2. The van der Waals surface area contributed by atoms with E-state index in [2.05, 4.69) is 5.32 Å². The lowest BCUT2D eigenvalue weighted by atomic mass is 10.4. The molecule has 1 heterocycles. The molecule has 0 aliphatic carbocycles. The Morgan fingerprint density at radius 1 is 1.20 bits per heavy atom. The summed E-state index contributed by atoms with van der Waals surface area (Å²) >= 11 is 0. The molecule has 1 aliphatic heterocycles. The highest BCUT2D eigenvalue weighted by molar-refractivity contribution is 7.89. The third-order valence-corrected chi connectivity index (χ3v) is 4.12. The second kappa shape index (κ2) is 4.30. The molecule has 1 aliphatic rings. The Labute approximate surface area is 90.0 Å². The number of nitrogens with one attached hydrogen (secondary N) is 1. The van der Waals surface area contributed by atoms with Crippen LogP contribution in [-0.4, -0.2) is 32.4 Å². The van der Waals surface area contributed by atoms with Crippen LogP contribution < -0.4 is 5.32 Å². The maximum Gasteiger partial charge on any atom is 0.243 e. The summed E-state index contributed by atoms with van der Waals surface area (Å²) in [6.07, 6.45) is 0. The molecule has 1 saturated heterocycles. The molecule has 4 nitrogen and oxygen atoms in total. The van der Waals surface area contributed by atoms with Gasteiger partial charge < -0.3 is 5.32 Å². The summed E-state index contributed by atoms with van der Waals surface area (Å²) in [5.41, 5.74) is 0. The molecule has 1 aromatic carbocycles. The molecule has 0 spiro atoms. The van der Waals surface area contributed by atoms with Crippen LogP contribution >= 0.6 is 0 Å². The molecule has 0 bridgehead atoms. The summed E-state index contributed by atoms with van der Waals surface area (Å²) < 4.78 is 25.5. The number of benzene rings is 1. The fourth-order valence-corrected chi connectivity index (χ4v) is 2.87. The number of piperazine rings is 1. The Balaban J connectivity index is 2.26. The van der Waals surface area contributed by atoms with E-state index in [0.29, 0.717) is 24.5 Å². The molecule has 2 rings (SSSR count). The molecule has 1 aromatic rings. The third kappa shape index (κ3) is 2.19. The smallest absolute Gasteiger partial charge is 0.243 e. The highest BCUT2D eigenvalue weighted by atomic mass is 32.2. The van der Waals surface area contributed by atoms with Gasteiger partial charge in [-0.15, -0.1) is 0 Å². The highest BCUT2D eigenvalue weighted by Gasteiger charge is 2.25. The summed E-state index contributed by atoms with van der Waals surface area (Å²) in [5, 5.41) is 3.08. The predicted octanol–water partition coefficient (Wildman–Crippen LogP) is 0.442. The average Bonchev–Trinajstić information content (AvgIpc) is 2.31. The van der Waals surface area contributed by atoms with Gasteiger partial charge in [-0.3, -0.25) is 0 Å². The lowest BCUT2D eigenvalue weighted by molar-refractivity contribution is 0.412. The largest absolute Gasteiger partial charge is 0.314 e. The molecule has 15 heavy (non-hydrogen) atoms. The average molecular weight is 225 g/mol. The molecule has 81 valence electrons. The van der Waals surface area contributed by atoms with Crippen LogP contribution in [0.4, 0.5) is 0 Å². The van der Waals surface area contributed by atoms with Crippen molar-refractivity contribution in [1.82, 2.24) is 9.62 Å². The van der Waals surface area contributed by atoms with Crippen LogP contribution in [0.25, 0.3) is 0 Å². The van der Waals surface area contributed by atoms with Gasteiger partial charge >= 0.3 is 0 Å². The van der Waals surface area contributed by atoms with E-state index < -0.39 is 10.0 Å². The lowest BCUT2D eigenvalue weighted by Crippen LogP contribution is -2.43. The zero-order chi connectivity index (χ0) is 10.7. The van der Waals surface area contributed by atoms with Gasteiger partial charge in [0.05, 0.1) is 11.4 Å². The monoisotopic (exact) mass is 225 g/mol. The quantitative estimate of drug-likeness (QED) is 0.794. The zero-order valence-corrected chi connectivity index (χ0v) is 9.07. The van der Waals surface area contributed by atoms with Crippen molar-refractivity contribution >= 4 is 10.0 Å². The first-order chi connectivity index (χ1) is 7.21. The minimum atomic E-state index is -3.32. The molecular weight excluding hydrogens is 212 g/mol. The van der Waals surface area contributed by atoms with Crippen molar-refractivity contribution in [2.24, 2.45) is 0 Å². The van der Waals surface area contributed by atoms with Crippen LogP contribution in [0.15, 0.2) is 35.2 Å². The van der Waals surface area contributed by atoms with E-state index in [4.69, 9.17) is 0 Å². The zero-order valence-electron chi connectivity index (χ0n) is 8.26. The van der Waals surface area contributed by atoms with Crippen molar-refractivity contribution in [3.8, 4) is 0 Å². The van der Waals surface area contributed by atoms with Crippen LogP contribution in [0, 0.1) is 6.54 Å². The van der Waals surface area contributed by atoms with E-state index in [-0.39, 0.29) is 0 Å². The van der Waals surface area contributed by atoms with Gasteiger partial charge in [0.1, 0.15) is 0 Å². The predicted molar refractivity (Wildman–Crippen MR) is 57.5 cm³/mol. The molecular formula is C10H13N2O2S. The molecule has 1 N–H and O–H groups in total. The minimum Gasteiger partial charge on any atom is -0.314 e. The van der Waals surface area contributed by atoms with Gasteiger partial charge in [0.25, 0.3) is 0 Å². The molecule has 1 radical (unpaired) electrons. The molecule has 0 amide bonds. The van der Waals surface area contributed by atoms with Crippen molar-refractivity contribution in [3.05, 3.63) is 36.9 Å². The van der Waals surface area contributed by atoms with Crippen LogP contribution in [0.1, 0.15) is 0 Å². The van der Waals surface area contributed by atoms with Gasteiger partial charge in [0.2, 0.25) is 10.0 Å². The Morgan fingerprint density at radius 2 is 1.93 bits per heavy atom. The summed E-state index contributed by atoms with van der Waals surface area (Å²) in [6, 6.07) is 8.50. The van der Waals surface area contributed by atoms with Gasteiger partial charge in [-0.2, -0.15) is 4.31 Å². The van der Waals surface area contributed by atoms with E-state index in [9.17, 15) is 8.42 Å². The Hall–Kier alpha value is -0.910. The van der Waals surface area contributed by atoms with Gasteiger partial charge in [0, 0.05) is 19.6 Å². The number of sulfonamides is 1. The van der Waals surface area contributed by atoms with E-state index in [1.807, 2.05) is 0 Å².